The third kappa shape index (κ3) is 4.13. The van der Waals surface area contributed by atoms with Crippen LogP contribution in [0.2, 0.25) is 0 Å². The Morgan fingerprint density at radius 1 is 0.848 bits per heavy atom. The predicted octanol–water partition coefficient (Wildman–Crippen LogP) is 7.99. The number of aromatic amines is 1. The molecule has 169 valence electrons. The van der Waals surface area contributed by atoms with Crippen LogP contribution in [-0.2, 0) is 12.7 Å². The van der Waals surface area contributed by atoms with Gasteiger partial charge in [-0.2, -0.15) is 13.2 Å². The van der Waals surface area contributed by atoms with Gasteiger partial charge in [-0.3, -0.25) is 0 Å². The van der Waals surface area contributed by atoms with Crippen molar-refractivity contribution in [2.45, 2.75) is 26.1 Å². The number of benzene rings is 3. The fourth-order valence-corrected chi connectivity index (χ4v) is 4.43. The highest BCUT2D eigenvalue weighted by Crippen LogP contribution is 2.40. The molecule has 1 radical (unpaired) electrons. The summed E-state index contributed by atoms with van der Waals surface area (Å²) in [5, 5.41) is 2.12. The number of aromatic nitrogens is 2. The number of alkyl halides is 3. The zero-order valence-corrected chi connectivity index (χ0v) is 18.8. The minimum absolute atomic E-state index is 0. The standard InChI is InChI=1S/C27H22F3N2.ClH/c1-2-15-32-17-23(21-8-4-6-10-25(21)32)26(18-11-13-19(14-12-18)27(28,29)30)22-16-31-24-9-5-3-7-20(22)24;/h3-14,16-17,31H,2,15H2,1H3;1H. The van der Waals surface area contributed by atoms with Crippen LogP contribution < -0.4 is 0 Å². The third-order valence-corrected chi connectivity index (χ3v) is 5.88. The van der Waals surface area contributed by atoms with Crippen molar-refractivity contribution in [3.8, 4) is 0 Å². The van der Waals surface area contributed by atoms with Crippen LogP contribution >= 0.6 is 12.4 Å². The lowest BCUT2D eigenvalue weighted by Crippen LogP contribution is -2.07. The van der Waals surface area contributed by atoms with Crippen LogP contribution in [0.4, 0.5) is 13.2 Å². The quantitative estimate of drug-likeness (QED) is 0.270. The molecule has 0 aliphatic rings. The maximum Gasteiger partial charge on any atom is 0.416 e. The Hall–Kier alpha value is -3.18. The van der Waals surface area contributed by atoms with Crippen LogP contribution in [0.15, 0.2) is 85.2 Å². The van der Waals surface area contributed by atoms with Gasteiger partial charge in [0.2, 0.25) is 0 Å². The van der Waals surface area contributed by atoms with Crippen molar-refractivity contribution in [1.82, 2.24) is 9.55 Å². The van der Waals surface area contributed by atoms with E-state index in [1.807, 2.05) is 42.6 Å². The second-order valence-electron chi connectivity index (χ2n) is 7.95. The zero-order chi connectivity index (χ0) is 22.3. The van der Waals surface area contributed by atoms with Gasteiger partial charge in [-0.15, -0.1) is 12.4 Å². The summed E-state index contributed by atoms with van der Waals surface area (Å²) in [4.78, 5) is 3.32. The first kappa shape index (κ1) is 23.0. The predicted molar refractivity (Wildman–Crippen MR) is 130 cm³/mol. The van der Waals surface area contributed by atoms with E-state index in [0.29, 0.717) is 0 Å². The molecule has 2 nitrogen and oxygen atoms in total. The molecule has 1 N–H and O–H groups in total. The van der Waals surface area contributed by atoms with Crippen LogP contribution in [0.1, 0.15) is 35.6 Å². The number of hydrogen-bond acceptors (Lipinski definition) is 0. The highest BCUT2D eigenvalue weighted by atomic mass is 35.5. The monoisotopic (exact) mass is 467 g/mol. The molecular weight excluding hydrogens is 445 g/mol. The molecule has 5 rings (SSSR count). The lowest BCUT2D eigenvalue weighted by molar-refractivity contribution is -0.137. The van der Waals surface area contributed by atoms with E-state index in [2.05, 4.69) is 34.8 Å². The van der Waals surface area contributed by atoms with Gasteiger partial charge >= 0.3 is 6.18 Å². The van der Waals surface area contributed by atoms with Gasteiger partial charge in [-0.25, -0.2) is 0 Å². The van der Waals surface area contributed by atoms with E-state index in [1.54, 1.807) is 12.1 Å². The van der Waals surface area contributed by atoms with Crippen molar-refractivity contribution in [3.63, 3.8) is 0 Å². The van der Waals surface area contributed by atoms with Gasteiger partial charge in [0.25, 0.3) is 0 Å². The van der Waals surface area contributed by atoms with E-state index in [4.69, 9.17) is 0 Å². The summed E-state index contributed by atoms with van der Waals surface area (Å²) in [5.74, 6) is 0.919. The third-order valence-electron chi connectivity index (χ3n) is 5.88. The molecule has 0 aliphatic heterocycles. The maximum absolute atomic E-state index is 13.2. The van der Waals surface area contributed by atoms with Crippen molar-refractivity contribution in [2.75, 3.05) is 0 Å². The molecule has 0 unspecified atom stereocenters. The molecule has 0 bridgehead atoms. The fraction of sp³-hybridized carbons (Fsp3) is 0.148. The second-order valence-corrected chi connectivity index (χ2v) is 7.95. The number of para-hydroxylation sites is 2. The Morgan fingerprint density at radius 3 is 2.21 bits per heavy atom. The van der Waals surface area contributed by atoms with Gasteiger partial charge in [0.1, 0.15) is 0 Å². The van der Waals surface area contributed by atoms with Crippen molar-refractivity contribution in [2.24, 2.45) is 0 Å². The lowest BCUT2D eigenvalue weighted by Gasteiger charge is -2.17. The van der Waals surface area contributed by atoms with Crippen LogP contribution in [0.5, 0.6) is 0 Å². The number of fused-ring (bicyclic) bond motifs is 2. The summed E-state index contributed by atoms with van der Waals surface area (Å²) in [7, 11) is 0. The van der Waals surface area contributed by atoms with Gasteiger partial charge in [-0.1, -0.05) is 55.5 Å². The molecule has 0 atom stereocenters. The molecule has 0 spiro atoms. The van der Waals surface area contributed by atoms with E-state index in [-0.39, 0.29) is 12.4 Å². The van der Waals surface area contributed by atoms with Gasteiger partial charge in [-0.05, 0) is 47.4 Å². The largest absolute Gasteiger partial charge is 0.416 e. The summed E-state index contributed by atoms with van der Waals surface area (Å²) >= 11 is 0. The molecule has 2 aromatic heterocycles. The van der Waals surface area contributed by atoms with E-state index >= 15 is 0 Å². The fourth-order valence-electron chi connectivity index (χ4n) is 4.43. The number of hydrogen-bond donors (Lipinski definition) is 1. The molecule has 0 fully saturated rings. The van der Waals surface area contributed by atoms with Crippen molar-refractivity contribution >= 4 is 34.2 Å². The number of nitrogens with one attached hydrogen (secondary N) is 1. The van der Waals surface area contributed by atoms with Crippen molar-refractivity contribution in [3.05, 3.63) is 113 Å². The topological polar surface area (TPSA) is 20.7 Å². The first-order valence-electron chi connectivity index (χ1n) is 10.7. The zero-order valence-electron chi connectivity index (χ0n) is 18.0. The number of H-pyrrole nitrogens is 1. The minimum atomic E-state index is -4.36. The highest BCUT2D eigenvalue weighted by Gasteiger charge is 2.31. The SMILES string of the molecule is CCCn1cc([C](c2ccc(C(F)(F)F)cc2)c2c[nH]c3ccccc23)c2ccccc21.Cl. The number of rotatable bonds is 5. The summed E-state index contributed by atoms with van der Waals surface area (Å²) in [6.45, 7) is 3.00. The molecule has 2 heterocycles. The van der Waals surface area contributed by atoms with Gasteiger partial charge in [0.05, 0.1) is 11.5 Å². The molecule has 33 heavy (non-hydrogen) atoms. The molecule has 0 aliphatic carbocycles. The van der Waals surface area contributed by atoms with E-state index < -0.39 is 11.7 Å². The van der Waals surface area contributed by atoms with E-state index in [0.717, 1.165) is 69.5 Å². The average Bonchev–Trinajstić information content (AvgIpc) is 3.37. The smallest absolute Gasteiger partial charge is 0.361 e. The second kappa shape index (κ2) is 8.99. The molecule has 3 aromatic carbocycles. The molecule has 6 heteroatoms. The van der Waals surface area contributed by atoms with E-state index in [9.17, 15) is 13.2 Å². The minimum Gasteiger partial charge on any atom is -0.361 e. The summed E-state index contributed by atoms with van der Waals surface area (Å²) < 4.78 is 41.8. The summed E-state index contributed by atoms with van der Waals surface area (Å²) in [5.41, 5.74) is 4.20. The van der Waals surface area contributed by atoms with Gasteiger partial charge < -0.3 is 9.55 Å². The Balaban J connectivity index is 0.00000259. The van der Waals surface area contributed by atoms with Crippen molar-refractivity contribution in [1.29, 1.82) is 0 Å². The molecule has 0 amide bonds. The van der Waals surface area contributed by atoms with Crippen LogP contribution in [-0.4, -0.2) is 9.55 Å². The van der Waals surface area contributed by atoms with Gasteiger partial charge in [0.15, 0.2) is 0 Å². The van der Waals surface area contributed by atoms with Gasteiger partial charge in [0, 0.05) is 40.7 Å². The Kier molecular flexibility index (Phi) is 6.26. The number of nitrogens with zero attached hydrogens (tertiary/aromatic N) is 1. The van der Waals surface area contributed by atoms with Crippen LogP contribution in [0, 0.1) is 5.92 Å². The first-order chi connectivity index (χ1) is 15.5. The maximum atomic E-state index is 13.2. The van der Waals surface area contributed by atoms with Crippen molar-refractivity contribution < 1.29 is 13.2 Å². The Labute approximate surface area is 196 Å². The Morgan fingerprint density at radius 2 is 1.52 bits per heavy atom. The average molecular weight is 468 g/mol. The van der Waals surface area contributed by atoms with E-state index in [1.165, 1.54) is 0 Å². The summed E-state index contributed by atoms with van der Waals surface area (Å²) in [6.07, 6.45) is 0.698. The first-order valence-corrected chi connectivity index (χ1v) is 10.7. The lowest BCUT2D eigenvalue weighted by atomic mass is 9.84. The van der Waals surface area contributed by atoms with Crippen LogP contribution in [0.3, 0.4) is 0 Å². The molecule has 0 saturated carbocycles. The molecule has 0 saturated heterocycles. The normalized spacial score (nSPS) is 11.9. The molecule has 5 aromatic rings. The highest BCUT2D eigenvalue weighted by molar-refractivity contribution is 5.93. The molecular formula is C27H23ClF3N2. The Bertz CT molecular complexity index is 1380. The number of halogens is 4. The summed E-state index contributed by atoms with van der Waals surface area (Å²) in [6, 6.07) is 21.6. The van der Waals surface area contributed by atoms with Crippen LogP contribution in [0.25, 0.3) is 21.8 Å². The number of aryl methyl sites for hydroxylation is 1.